The van der Waals surface area contributed by atoms with Gasteiger partial charge >= 0.3 is 0 Å². The third-order valence-corrected chi connectivity index (χ3v) is 4.73. The number of ether oxygens (including phenoxy) is 2. The van der Waals surface area contributed by atoms with E-state index in [4.69, 9.17) is 9.47 Å². The minimum atomic E-state index is -0.295. The fourth-order valence-corrected chi connectivity index (χ4v) is 3.19. The summed E-state index contributed by atoms with van der Waals surface area (Å²) < 4.78 is 24.6. The van der Waals surface area contributed by atoms with Gasteiger partial charge in [0.25, 0.3) is 5.91 Å². The Morgan fingerprint density at radius 2 is 1.97 bits per heavy atom. The molecule has 2 N–H and O–H groups in total. The van der Waals surface area contributed by atoms with Crippen molar-refractivity contribution in [3.05, 3.63) is 64.5 Å². The molecule has 3 rings (SSSR count). The Kier molecular flexibility index (Phi) is 7.24. The third kappa shape index (κ3) is 5.48. The van der Waals surface area contributed by atoms with Crippen LogP contribution >= 0.6 is 0 Å². The van der Waals surface area contributed by atoms with Gasteiger partial charge in [0.1, 0.15) is 11.6 Å². The van der Waals surface area contributed by atoms with Crippen molar-refractivity contribution in [3.63, 3.8) is 0 Å². The Labute approximate surface area is 175 Å². The van der Waals surface area contributed by atoms with E-state index in [9.17, 15) is 9.18 Å². The van der Waals surface area contributed by atoms with Crippen LogP contribution in [0.5, 0.6) is 5.75 Å². The number of aliphatic imine (C=N–C) groups is 1. The van der Waals surface area contributed by atoms with E-state index in [1.54, 1.807) is 26.0 Å². The van der Waals surface area contributed by atoms with E-state index in [-0.39, 0.29) is 18.5 Å². The Bertz CT molecular complexity index is 913. The lowest BCUT2D eigenvalue weighted by atomic mass is 10.1. The van der Waals surface area contributed by atoms with Crippen molar-refractivity contribution in [2.24, 2.45) is 4.99 Å². The number of carbonyl (C=O) groups excluding carboxylic acids is 1. The number of amides is 1. The lowest BCUT2D eigenvalue weighted by Crippen LogP contribution is -2.38. The van der Waals surface area contributed by atoms with E-state index in [0.717, 1.165) is 16.7 Å². The molecule has 2 aromatic carbocycles. The first-order valence-corrected chi connectivity index (χ1v) is 9.75. The number of rotatable bonds is 6. The van der Waals surface area contributed by atoms with Gasteiger partial charge in [-0.2, -0.15) is 0 Å². The molecule has 1 amide bonds. The number of fused-ring (bicyclic) bond motifs is 1. The molecule has 0 radical (unpaired) electrons. The predicted molar refractivity (Wildman–Crippen MR) is 113 cm³/mol. The summed E-state index contributed by atoms with van der Waals surface area (Å²) in [6.45, 7) is 1.67. The first-order chi connectivity index (χ1) is 14.5. The van der Waals surface area contributed by atoms with Crippen LogP contribution in [0.25, 0.3) is 0 Å². The van der Waals surface area contributed by atoms with Gasteiger partial charge in [0.2, 0.25) is 0 Å². The first-order valence-electron chi connectivity index (χ1n) is 9.75. The van der Waals surface area contributed by atoms with Crippen LogP contribution in [-0.2, 0) is 24.3 Å². The number of hydrogen-bond acceptors (Lipinski definition) is 4. The molecule has 8 heteroatoms. The lowest BCUT2D eigenvalue weighted by Gasteiger charge is -2.21. The molecule has 2 aromatic rings. The molecule has 0 saturated carbocycles. The highest BCUT2D eigenvalue weighted by Gasteiger charge is 2.16. The van der Waals surface area contributed by atoms with E-state index < -0.39 is 0 Å². The minimum absolute atomic E-state index is 0.0259. The molecule has 0 aliphatic carbocycles. The number of benzene rings is 2. The van der Waals surface area contributed by atoms with Crippen molar-refractivity contribution in [1.29, 1.82) is 0 Å². The van der Waals surface area contributed by atoms with Gasteiger partial charge in [-0.05, 0) is 41.8 Å². The molecular weight excluding hydrogens is 387 g/mol. The standard InChI is InChI=1S/C22H27FN4O3/c1-24-22(26-12-15-4-6-16(7-5-15)21(28)27(2)3)25-9-8-17-10-19(23)11-18-13-29-14-30-20(17)18/h4-7,10-11H,8-9,12-14H2,1-3H3,(H2,24,25,26). The Morgan fingerprint density at radius 1 is 1.20 bits per heavy atom. The van der Waals surface area contributed by atoms with Crippen LogP contribution in [0, 0.1) is 5.82 Å². The second kappa shape index (κ2) is 10.1. The zero-order chi connectivity index (χ0) is 21.5. The van der Waals surface area contributed by atoms with Gasteiger partial charge in [-0.1, -0.05) is 12.1 Å². The summed E-state index contributed by atoms with van der Waals surface area (Å²) in [7, 11) is 5.15. The van der Waals surface area contributed by atoms with Gasteiger partial charge in [-0.15, -0.1) is 0 Å². The quantitative estimate of drug-likeness (QED) is 0.561. The molecule has 0 atom stereocenters. The average Bonchev–Trinajstić information content (AvgIpc) is 2.75. The van der Waals surface area contributed by atoms with E-state index in [1.165, 1.54) is 12.1 Å². The summed E-state index contributed by atoms with van der Waals surface area (Å²) in [4.78, 5) is 17.7. The average molecular weight is 414 g/mol. The normalized spacial score (nSPS) is 13.3. The molecule has 7 nitrogen and oxygen atoms in total. The van der Waals surface area contributed by atoms with Crippen LogP contribution in [-0.4, -0.2) is 51.2 Å². The molecule has 0 aromatic heterocycles. The summed E-state index contributed by atoms with van der Waals surface area (Å²) in [5.41, 5.74) is 3.21. The number of guanidine groups is 1. The maximum atomic E-state index is 13.8. The number of halogens is 1. The maximum Gasteiger partial charge on any atom is 0.253 e. The molecule has 1 heterocycles. The van der Waals surface area contributed by atoms with Crippen LogP contribution in [0.15, 0.2) is 41.4 Å². The second-order valence-corrected chi connectivity index (χ2v) is 7.16. The predicted octanol–water partition coefficient (Wildman–Crippen LogP) is 2.30. The minimum Gasteiger partial charge on any atom is -0.467 e. The fourth-order valence-electron chi connectivity index (χ4n) is 3.19. The molecule has 0 fully saturated rings. The van der Waals surface area contributed by atoms with Crippen molar-refractivity contribution < 1.29 is 18.7 Å². The molecule has 0 bridgehead atoms. The van der Waals surface area contributed by atoms with E-state index in [0.29, 0.717) is 43.4 Å². The summed E-state index contributed by atoms with van der Waals surface area (Å²) >= 11 is 0. The SMILES string of the molecule is CN=C(NCCc1cc(F)cc2c1OCOC2)NCc1ccc(C(=O)N(C)C)cc1. The van der Waals surface area contributed by atoms with Gasteiger partial charge in [0.05, 0.1) is 6.61 Å². The summed E-state index contributed by atoms with van der Waals surface area (Å²) in [5.74, 6) is 1.02. The molecule has 30 heavy (non-hydrogen) atoms. The van der Waals surface area contributed by atoms with Gasteiger partial charge in [-0.25, -0.2) is 4.39 Å². The Balaban J connectivity index is 1.51. The van der Waals surface area contributed by atoms with Crippen LogP contribution < -0.4 is 15.4 Å². The molecule has 1 aliphatic rings. The van der Waals surface area contributed by atoms with Crippen molar-refractivity contribution in [3.8, 4) is 5.75 Å². The topological polar surface area (TPSA) is 75.2 Å². The lowest BCUT2D eigenvalue weighted by molar-refractivity contribution is -0.0172. The number of hydrogen-bond donors (Lipinski definition) is 2. The highest BCUT2D eigenvalue weighted by molar-refractivity contribution is 5.93. The molecule has 0 saturated heterocycles. The van der Waals surface area contributed by atoms with Crippen LogP contribution in [0.1, 0.15) is 27.0 Å². The zero-order valence-corrected chi connectivity index (χ0v) is 17.5. The van der Waals surface area contributed by atoms with E-state index >= 15 is 0 Å². The van der Waals surface area contributed by atoms with Crippen molar-refractivity contribution >= 4 is 11.9 Å². The zero-order valence-electron chi connectivity index (χ0n) is 17.5. The Morgan fingerprint density at radius 3 is 2.67 bits per heavy atom. The maximum absolute atomic E-state index is 13.8. The van der Waals surface area contributed by atoms with E-state index in [1.807, 2.05) is 24.3 Å². The third-order valence-electron chi connectivity index (χ3n) is 4.73. The highest BCUT2D eigenvalue weighted by atomic mass is 19.1. The Hall–Kier alpha value is -3.13. The first kappa shape index (κ1) is 21.6. The number of carbonyl (C=O) groups is 1. The van der Waals surface area contributed by atoms with Crippen LogP contribution in [0.4, 0.5) is 4.39 Å². The number of nitrogens with zero attached hydrogens (tertiary/aromatic N) is 2. The van der Waals surface area contributed by atoms with Crippen molar-refractivity contribution in [2.45, 2.75) is 19.6 Å². The highest BCUT2D eigenvalue weighted by Crippen LogP contribution is 2.29. The summed E-state index contributed by atoms with van der Waals surface area (Å²) in [6.07, 6.45) is 0.585. The van der Waals surface area contributed by atoms with Crippen molar-refractivity contribution in [1.82, 2.24) is 15.5 Å². The van der Waals surface area contributed by atoms with Gasteiger partial charge in [0.15, 0.2) is 12.8 Å². The second-order valence-electron chi connectivity index (χ2n) is 7.16. The van der Waals surface area contributed by atoms with Gasteiger partial charge in [0, 0.05) is 45.4 Å². The van der Waals surface area contributed by atoms with Crippen LogP contribution in [0.2, 0.25) is 0 Å². The van der Waals surface area contributed by atoms with Crippen molar-refractivity contribution in [2.75, 3.05) is 34.5 Å². The smallest absolute Gasteiger partial charge is 0.253 e. The van der Waals surface area contributed by atoms with Gasteiger partial charge in [-0.3, -0.25) is 9.79 Å². The fraction of sp³-hybridized carbons (Fsp3) is 0.364. The van der Waals surface area contributed by atoms with Gasteiger partial charge < -0.3 is 25.0 Å². The summed E-state index contributed by atoms with van der Waals surface area (Å²) in [5, 5.41) is 6.46. The molecular formula is C22H27FN4O3. The molecule has 1 aliphatic heterocycles. The molecule has 0 unspecified atom stereocenters. The largest absolute Gasteiger partial charge is 0.467 e. The molecule has 0 spiro atoms. The molecule has 160 valence electrons. The van der Waals surface area contributed by atoms with Crippen LogP contribution in [0.3, 0.4) is 0 Å². The summed E-state index contributed by atoms with van der Waals surface area (Å²) in [6, 6.07) is 10.4. The monoisotopic (exact) mass is 414 g/mol. The number of nitrogens with one attached hydrogen (secondary N) is 2. The van der Waals surface area contributed by atoms with E-state index in [2.05, 4.69) is 15.6 Å².